The molecule has 5 heteroatoms. The van der Waals surface area contributed by atoms with Crippen LogP contribution in [0.4, 0.5) is 0 Å². The van der Waals surface area contributed by atoms with Crippen LogP contribution in [0.25, 0.3) is 0 Å². The Balaban J connectivity index is 0.000000671. The third-order valence-corrected chi connectivity index (χ3v) is 1.31. The number of hydrogen-bond acceptors (Lipinski definition) is 2. The van der Waals surface area contributed by atoms with E-state index >= 15 is 0 Å². The maximum atomic E-state index is 5.63. The first kappa shape index (κ1) is 13.2. The van der Waals surface area contributed by atoms with Gasteiger partial charge in [-0.05, 0) is 0 Å². The van der Waals surface area contributed by atoms with Crippen LogP contribution in [-0.4, -0.2) is 13.9 Å². The Morgan fingerprint density at radius 3 is 2.62 bits per heavy atom. The van der Waals surface area contributed by atoms with Crippen LogP contribution in [0.1, 0.15) is 0 Å². The van der Waals surface area contributed by atoms with Gasteiger partial charge in [-0.2, -0.15) is 23.7 Å². The molecule has 0 aliphatic heterocycles. The average molecular weight is 272 g/mol. The number of benzene rings is 1. The number of hydrogen-bond donors (Lipinski definition) is 0. The van der Waals surface area contributed by atoms with Gasteiger partial charge in [-0.1, -0.05) is 5.02 Å². The van der Waals surface area contributed by atoms with Gasteiger partial charge in [0.05, 0.1) is 0 Å². The topological polar surface area (TPSA) is 18.5 Å². The molecule has 13 heavy (non-hydrogen) atoms. The van der Waals surface area contributed by atoms with Crippen molar-refractivity contribution in [2.24, 2.45) is 0 Å². The summed E-state index contributed by atoms with van der Waals surface area (Å²) in [6.45, 7) is 0.234. The summed E-state index contributed by atoms with van der Waals surface area (Å²) in [6, 6.07) is 7.96. The second kappa shape index (κ2) is 8.77. The van der Waals surface area contributed by atoms with Crippen LogP contribution in [0.5, 0.6) is 5.75 Å². The number of rotatable bonds is 3. The molecular formula is C8H8Cl2O2Zn. The predicted molar refractivity (Wildman–Crippen MR) is 48.6 cm³/mol. The van der Waals surface area contributed by atoms with Crippen LogP contribution in [0, 0.1) is 6.07 Å². The molecule has 2 nitrogen and oxygen atoms in total. The molecule has 0 aliphatic rings. The zero-order chi connectivity index (χ0) is 10.1. The minimum absolute atomic E-state index is 0.234. The molecule has 0 N–H and O–H groups in total. The Kier molecular flexibility index (Phi) is 8.89. The van der Waals surface area contributed by atoms with E-state index < -0.39 is 0 Å². The van der Waals surface area contributed by atoms with Crippen molar-refractivity contribution in [1.29, 1.82) is 0 Å². The van der Waals surface area contributed by atoms with Crippen LogP contribution < -0.4 is 4.74 Å². The summed E-state index contributed by atoms with van der Waals surface area (Å²) in [5.41, 5.74) is 0. The van der Waals surface area contributed by atoms with Crippen molar-refractivity contribution < 1.29 is 26.8 Å². The van der Waals surface area contributed by atoms with Gasteiger partial charge < -0.3 is 9.47 Å². The van der Waals surface area contributed by atoms with Gasteiger partial charge in [0.2, 0.25) is 0 Å². The number of ether oxygens (including phenoxy) is 2. The summed E-state index contributed by atoms with van der Waals surface area (Å²) < 4.78 is 9.77. The fraction of sp³-hybridized carbons (Fsp3) is 0.250. The normalized spacial score (nSPS) is 8.69. The first-order valence-corrected chi connectivity index (χ1v) is 7.66. The third kappa shape index (κ3) is 6.28. The van der Waals surface area contributed by atoms with Crippen LogP contribution in [-0.2, 0) is 22.0 Å². The third-order valence-electron chi connectivity index (χ3n) is 1.08. The molecule has 1 rings (SSSR count). The monoisotopic (exact) mass is 270 g/mol. The van der Waals surface area contributed by atoms with E-state index in [2.05, 4.69) is 6.07 Å². The van der Waals surface area contributed by atoms with Crippen molar-refractivity contribution in [1.82, 2.24) is 0 Å². The Labute approximate surface area is 96.8 Å². The van der Waals surface area contributed by atoms with E-state index in [0.717, 1.165) is 17.3 Å². The molecule has 0 bridgehead atoms. The molecule has 0 spiro atoms. The zero-order valence-electron chi connectivity index (χ0n) is 7.22. The quantitative estimate of drug-likeness (QED) is 0.478. The van der Waals surface area contributed by atoms with Crippen molar-refractivity contribution in [2.75, 3.05) is 13.9 Å². The summed E-state index contributed by atoms with van der Waals surface area (Å²) in [6.07, 6.45) is 0. The Bertz CT molecular complexity index is 216. The SMILES string of the molecule is COCOc1[c-]cc(Cl)cc1.[Cl][Zn+]. The van der Waals surface area contributed by atoms with Crippen molar-refractivity contribution in [3.05, 3.63) is 29.3 Å². The van der Waals surface area contributed by atoms with Crippen molar-refractivity contribution in [3.63, 3.8) is 0 Å². The first-order valence-electron chi connectivity index (χ1n) is 3.38. The molecule has 0 heterocycles. The van der Waals surface area contributed by atoms with Gasteiger partial charge >= 0.3 is 27.0 Å². The number of halogens is 2. The molecule has 0 aromatic heterocycles. The fourth-order valence-corrected chi connectivity index (χ4v) is 0.721. The predicted octanol–water partition coefficient (Wildman–Crippen LogP) is 2.81. The van der Waals surface area contributed by atoms with E-state index in [9.17, 15) is 0 Å². The Morgan fingerprint density at radius 1 is 1.46 bits per heavy atom. The van der Waals surface area contributed by atoms with Crippen LogP contribution in [0.3, 0.4) is 0 Å². The van der Waals surface area contributed by atoms with Crippen LogP contribution in [0.15, 0.2) is 18.2 Å². The summed E-state index contributed by atoms with van der Waals surface area (Å²) in [7, 11) is 6.33. The van der Waals surface area contributed by atoms with E-state index in [1.54, 1.807) is 25.3 Å². The minimum atomic E-state index is 0.234. The van der Waals surface area contributed by atoms with E-state index in [1.165, 1.54) is 0 Å². The van der Waals surface area contributed by atoms with E-state index in [4.69, 9.17) is 30.8 Å². The van der Waals surface area contributed by atoms with E-state index in [1.807, 2.05) is 0 Å². The van der Waals surface area contributed by atoms with E-state index in [-0.39, 0.29) is 6.79 Å². The van der Waals surface area contributed by atoms with Gasteiger partial charge in [0.15, 0.2) is 6.79 Å². The molecule has 0 saturated heterocycles. The van der Waals surface area contributed by atoms with Crippen molar-refractivity contribution >= 4 is 21.3 Å². The van der Waals surface area contributed by atoms with Gasteiger partial charge in [0.1, 0.15) is 0 Å². The molecule has 0 radical (unpaired) electrons. The molecule has 0 saturated carbocycles. The molecular weight excluding hydrogens is 264 g/mol. The second-order valence-corrected chi connectivity index (χ2v) is 2.36. The number of methoxy groups -OCH3 is 1. The molecule has 0 fully saturated rings. The van der Waals surface area contributed by atoms with Crippen molar-refractivity contribution in [3.8, 4) is 5.75 Å². The molecule has 1 aromatic carbocycles. The van der Waals surface area contributed by atoms with Crippen LogP contribution in [0.2, 0.25) is 5.02 Å². The zero-order valence-corrected chi connectivity index (χ0v) is 11.7. The second-order valence-electron chi connectivity index (χ2n) is 1.92. The summed E-state index contributed by atoms with van der Waals surface area (Å²) in [5, 5.41) is 0.648. The van der Waals surface area contributed by atoms with Gasteiger partial charge in [0.25, 0.3) is 0 Å². The molecule has 68 valence electrons. The van der Waals surface area contributed by atoms with E-state index in [0.29, 0.717) is 10.8 Å². The maximum absolute atomic E-state index is 5.63. The molecule has 0 aliphatic carbocycles. The van der Waals surface area contributed by atoms with Crippen molar-refractivity contribution in [2.45, 2.75) is 0 Å². The molecule has 0 amide bonds. The molecule has 0 atom stereocenters. The fourth-order valence-electron chi connectivity index (χ4n) is 0.604. The summed E-state index contributed by atoms with van der Waals surface area (Å²) in [5.74, 6) is 0.635. The first-order chi connectivity index (χ1) is 6.33. The van der Waals surface area contributed by atoms with Gasteiger partial charge in [0, 0.05) is 12.9 Å². The standard InChI is InChI=1S/C8H8ClO2.ClH.Zn/c1-10-6-11-8-4-2-7(9)3-5-8;;/h2-4H,6H2,1H3;1H;/q-1;;+2/p-1. The van der Waals surface area contributed by atoms with Crippen LogP contribution >= 0.6 is 21.3 Å². The van der Waals surface area contributed by atoms with Gasteiger partial charge in [-0.3, -0.25) is 0 Å². The van der Waals surface area contributed by atoms with Gasteiger partial charge in [-0.25, -0.2) is 0 Å². The molecule has 0 unspecified atom stereocenters. The molecule has 1 aromatic rings. The summed E-state index contributed by atoms with van der Waals surface area (Å²) in [4.78, 5) is 0. The van der Waals surface area contributed by atoms with Gasteiger partial charge in [-0.15, -0.1) is 12.1 Å². The summed E-state index contributed by atoms with van der Waals surface area (Å²) >= 11 is 6.47. The average Bonchev–Trinajstić information content (AvgIpc) is 2.20. The Morgan fingerprint density at radius 2 is 2.15 bits per heavy atom. The Hall–Kier alpha value is 0.183.